The minimum absolute atomic E-state index is 0.0347. The minimum Gasteiger partial charge on any atom is -0.352 e. The first-order valence-electron chi connectivity index (χ1n) is 12.4. The number of carbonyl (C=O) groups is 2. The van der Waals surface area contributed by atoms with Gasteiger partial charge in [0.2, 0.25) is 11.8 Å². The van der Waals surface area contributed by atoms with Crippen LogP contribution in [0.1, 0.15) is 47.9 Å². The summed E-state index contributed by atoms with van der Waals surface area (Å²) in [4.78, 5) is 29.0. The number of hydrogen-bond donors (Lipinski definition) is 1. The fraction of sp³-hybridized carbons (Fsp3) is 0.333. The van der Waals surface area contributed by atoms with Crippen LogP contribution in [0, 0.1) is 12.7 Å². The van der Waals surface area contributed by atoms with E-state index >= 15 is 0 Å². The second kappa shape index (κ2) is 11.8. The highest BCUT2D eigenvalue weighted by Crippen LogP contribution is 2.21. The molecule has 0 saturated heterocycles. The topological polar surface area (TPSA) is 49.4 Å². The maximum absolute atomic E-state index is 14.7. The Kier molecular flexibility index (Phi) is 8.30. The Morgan fingerprint density at radius 3 is 2.23 bits per heavy atom. The summed E-state index contributed by atoms with van der Waals surface area (Å²) in [6, 6.07) is 23.3. The van der Waals surface area contributed by atoms with Crippen LogP contribution in [0.4, 0.5) is 4.39 Å². The molecule has 1 aliphatic carbocycles. The van der Waals surface area contributed by atoms with Crippen molar-refractivity contribution in [1.29, 1.82) is 0 Å². The van der Waals surface area contributed by atoms with Crippen molar-refractivity contribution >= 4 is 11.8 Å². The van der Waals surface area contributed by atoms with Crippen molar-refractivity contribution in [2.45, 2.75) is 64.1 Å². The highest BCUT2D eigenvalue weighted by molar-refractivity contribution is 5.89. The molecule has 182 valence electrons. The maximum atomic E-state index is 14.7. The Balaban J connectivity index is 1.68. The van der Waals surface area contributed by atoms with Gasteiger partial charge in [-0.3, -0.25) is 9.59 Å². The molecule has 4 nitrogen and oxygen atoms in total. The highest BCUT2D eigenvalue weighted by atomic mass is 19.1. The van der Waals surface area contributed by atoms with Crippen LogP contribution in [-0.2, 0) is 29.0 Å². The molecule has 5 heteroatoms. The van der Waals surface area contributed by atoms with E-state index in [1.165, 1.54) is 6.07 Å². The predicted molar refractivity (Wildman–Crippen MR) is 136 cm³/mol. The zero-order chi connectivity index (χ0) is 24.6. The highest BCUT2D eigenvalue weighted by Gasteiger charge is 2.32. The SMILES string of the molecule is Cc1ccccc1CC(=O)N(Cc1ccccc1F)[C@H](Cc1ccccc1)C(=O)NC1CCCC1. The van der Waals surface area contributed by atoms with Crippen LogP contribution in [0.2, 0.25) is 0 Å². The molecule has 0 spiro atoms. The van der Waals surface area contributed by atoms with Crippen molar-refractivity contribution in [3.8, 4) is 0 Å². The number of amides is 2. The molecule has 35 heavy (non-hydrogen) atoms. The molecular formula is C30H33FN2O2. The molecule has 3 aromatic carbocycles. The fourth-order valence-electron chi connectivity index (χ4n) is 4.80. The van der Waals surface area contributed by atoms with E-state index in [0.29, 0.717) is 12.0 Å². The van der Waals surface area contributed by atoms with Crippen molar-refractivity contribution in [1.82, 2.24) is 10.2 Å². The lowest BCUT2D eigenvalue weighted by Gasteiger charge is -2.32. The van der Waals surface area contributed by atoms with Crippen LogP contribution < -0.4 is 5.32 Å². The third-order valence-corrected chi connectivity index (χ3v) is 6.87. The summed E-state index contributed by atoms with van der Waals surface area (Å²) in [5.74, 6) is -0.740. The molecule has 1 atom stereocenters. The molecule has 2 amide bonds. The number of carbonyl (C=O) groups excluding carboxylic acids is 2. The normalized spacial score (nSPS) is 14.5. The smallest absolute Gasteiger partial charge is 0.243 e. The van der Waals surface area contributed by atoms with E-state index in [-0.39, 0.29) is 36.6 Å². The van der Waals surface area contributed by atoms with Crippen LogP contribution in [-0.4, -0.2) is 28.8 Å². The standard InChI is InChI=1S/C30H33FN2O2/c1-22-11-5-6-14-24(22)20-29(34)33(21-25-15-7-10-18-27(25)31)28(19-23-12-3-2-4-13-23)30(35)32-26-16-8-9-17-26/h2-7,10-15,18,26,28H,8-9,16-17,19-21H2,1H3,(H,32,35)/t28-/m1/s1. The second-order valence-electron chi connectivity index (χ2n) is 9.41. The van der Waals surface area contributed by atoms with E-state index in [9.17, 15) is 14.0 Å². The average molecular weight is 473 g/mol. The summed E-state index contributed by atoms with van der Waals surface area (Å²) in [5, 5.41) is 3.18. The van der Waals surface area contributed by atoms with Gasteiger partial charge in [0.15, 0.2) is 0 Å². The lowest BCUT2D eigenvalue weighted by molar-refractivity contribution is -0.141. The van der Waals surface area contributed by atoms with Gasteiger partial charge in [-0.2, -0.15) is 0 Å². The van der Waals surface area contributed by atoms with Crippen molar-refractivity contribution in [2.75, 3.05) is 0 Å². The molecule has 0 radical (unpaired) electrons. The number of halogens is 1. The Morgan fingerprint density at radius 1 is 0.914 bits per heavy atom. The summed E-state index contributed by atoms with van der Waals surface area (Å²) >= 11 is 0. The van der Waals surface area contributed by atoms with E-state index in [4.69, 9.17) is 0 Å². The zero-order valence-electron chi connectivity index (χ0n) is 20.3. The van der Waals surface area contributed by atoms with Gasteiger partial charge in [-0.1, -0.05) is 85.6 Å². The maximum Gasteiger partial charge on any atom is 0.243 e. The quantitative estimate of drug-likeness (QED) is 0.455. The third kappa shape index (κ3) is 6.56. The van der Waals surface area contributed by atoms with Crippen LogP contribution in [0.3, 0.4) is 0 Å². The number of rotatable bonds is 9. The van der Waals surface area contributed by atoms with Gasteiger partial charge in [-0.15, -0.1) is 0 Å². The Hall–Kier alpha value is -3.47. The van der Waals surface area contributed by atoms with E-state index in [1.54, 1.807) is 23.1 Å². The fourth-order valence-corrected chi connectivity index (χ4v) is 4.80. The predicted octanol–water partition coefficient (Wildman–Crippen LogP) is 5.38. The van der Waals surface area contributed by atoms with Crippen molar-refractivity contribution in [3.05, 3.63) is 107 Å². The molecule has 0 aromatic heterocycles. The molecule has 0 bridgehead atoms. The first-order valence-corrected chi connectivity index (χ1v) is 12.4. The number of benzene rings is 3. The molecule has 1 N–H and O–H groups in total. The summed E-state index contributed by atoms with van der Waals surface area (Å²) < 4.78 is 14.7. The van der Waals surface area contributed by atoms with Gasteiger partial charge in [0.25, 0.3) is 0 Å². The van der Waals surface area contributed by atoms with E-state index in [1.807, 2.05) is 61.5 Å². The zero-order valence-corrected chi connectivity index (χ0v) is 20.3. The molecule has 4 rings (SSSR count). The van der Waals surface area contributed by atoms with Gasteiger partial charge >= 0.3 is 0 Å². The number of nitrogens with zero attached hydrogens (tertiary/aromatic N) is 1. The van der Waals surface area contributed by atoms with Crippen LogP contribution >= 0.6 is 0 Å². The number of nitrogens with one attached hydrogen (secondary N) is 1. The van der Waals surface area contributed by atoms with Gasteiger partial charge < -0.3 is 10.2 Å². The van der Waals surface area contributed by atoms with Crippen molar-refractivity contribution in [3.63, 3.8) is 0 Å². The molecule has 1 aliphatic rings. The largest absolute Gasteiger partial charge is 0.352 e. The van der Waals surface area contributed by atoms with E-state index in [0.717, 1.165) is 42.4 Å². The molecule has 1 saturated carbocycles. The molecule has 0 heterocycles. The van der Waals surface area contributed by atoms with Crippen LogP contribution in [0.25, 0.3) is 0 Å². The van der Waals surface area contributed by atoms with Gasteiger partial charge in [-0.05, 0) is 42.5 Å². The minimum atomic E-state index is -0.742. The van der Waals surface area contributed by atoms with Gasteiger partial charge in [0.1, 0.15) is 11.9 Å². The second-order valence-corrected chi connectivity index (χ2v) is 9.41. The van der Waals surface area contributed by atoms with Crippen LogP contribution in [0.5, 0.6) is 0 Å². The lowest BCUT2D eigenvalue weighted by Crippen LogP contribution is -2.52. The first kappa shape index (κ1) is 24.6. The van der Waals surface area contributed by atoms with Crippen molar-refractivity contribution < 1.29 is 14.0 Å². The first-order chi connectivity index (χ1) is 17.0. The average Bonchev–Trinajstić information content (AvgIpc) is 3.37. The summed E-state index contributed by atoms with van der Waals surface area (Å²) in [6.45, 7) is 2.01. The Labute approximate surface area is 207 Å². The van der Waals surface area contributed by atoms with Gasteiger partial charge in [0.05, 0.1) is 6.42 Å². The molecule has 3 aromatic rings. The third-order valence-electron chi connectivity index (χ3n) is 6.87. The summed E-state index contributed by atoms with van der Waals surface area (Å²) in [7, 11) is 0. The molecule has 0 aliphatic heterocycles. The number of hydrogen-bond acceptors (Lipinski definition) is 2. The molecule has 1 fully saturated rings. The monoisotopic (exact) mass is 472 g/mol. The van der Waals surface area contributed by atoms with E-state index in [2.05, 4.69) is 5.32 Å². The van der Waals surface area contributed by atoms with Gasteiger partial charge in [-0.25, -0.2) is 4.39 Å². The van der Waals surface area contributed by atoms with E-state index < -0.39 is 6.04 Å². The lowest BCUT2D eigenvalue weighted by atomic mass is 10.00. The molecular weight excluding hydrogens is 439 g/mol. The molecule has 0 unspecified atom stereocenters. The van der Waals surface area contributed by atoms with Gasteiger partial charge in [0, 0.05) is 24.6 Å². The van der Waals surface area contributed by atoms with Crippen molar-refractivity contribution in [2.24, 2.45) is 0 Å². The number of aryl methyl sites for hydroxylation is 1. The Bertz CT molecular complexity index is 1140. The summed E-state index contributed by atoms with van der Waals surface area (Å²) in [5.41, 5.74) is 3.28. The Morgan fingerprint density at radius 2 is 1.54 bits per heavy atom. The summed E-state index contributed by atoms with van der Waals surface area (Å²) in [6.07, 6.45) is 4.62. The van der Waals surface area contributed by atoms with Crippen LogP contribution in [0.15, 0.2) is 78.9 Å².